The van der Waals surface area contributed by atoms with Crippen LogP contribution in [0.2, 0.25) is 0 Å². The van der Waals surface area contributed by atoms with Crippen LogP contribution < -0.4 is 15.8 Å². The lowest BCUT2D eigenvalue weighted by Crippen LogP contribution is -2.45. The van der Waals surface area contributed by atoms with Gasteiger partial charge in [-0.05, 0) is 48.3 Å². The van der Waals surface area contributed by atoms with E-state index in [0.717, 1.165) is 10.2 Å². The summed E-state index contributed by atoms with van der Waals surface area (Å²) in [6, 6.07) is 7.65. The first-order chi connectivity index (χ1) is 8.88. The Kier molecular flexibility index (Phi) is 6.31. The van der Waals surface area contributed by atoms with Gasteiger partial charge in [0, 0.05) is 18.5 Å². The maximum atomic E-state index is 11.5. The summed E-state index contributed by atoms with van der Waals surface area (Å²) in [7, 11) is 0. The van der Waals surface area contributed by atoms with E-state index in [2.05, 4.69) is 21.2 Å². The van der Waals surface area contributed by atoms with Gasteiger partial charge >= 0.3 is 0 Å². The number of rotatable bonds is 7. The summed E-state index contributed by atoms with van der Waals surface area (Å²) in [6.07, 6.45) is 1.12. The van der Waals surface area contributed by atoms with E-state index in [1.165, 1.54) is 0 Å². The highest BCUT2D eigenvalue weighted by atomic mass is 79.9. The Morgan fingerprint density at radius 3 is 2.74 bits per heavy atom. The predicted octanol–water partition coefficient (Wildman–Crippen LogP) is 2.46. The number of halogens is 1. The lowest BCUT2D eigenvalue weighted by atomic mass is 10.1. The molecule has 19 heavy (non-hydrogen) atoms. The van der Waals surface area contributed by atoms with Crippen LogP contribution in [-0.2, 0) is 4.79 Å². The summed E-state index contributed by atoms with van der Waals surface area (Å²) in [5, 5.41) is 2.80. The van der Waals surface area contributed by atoms with Crippen LogP contribution in [0.5, 0.6) is 5.75 Å². The molecule has 4 nitrogen and oxygen atoms in total. The van der Waals surface area contributed by atoms with Crippen molar-refractivity contribution in [1.82, 2.24) is 5.32 Å². The van der Waals surface area contributed by atoms with E-state index < -0.39 is 0 Å². The molecule has 0 aliphatic carbocycles. The molecular weight excluding hydrogens is 308 g/mol. The van der Waals surface area contributed by atoms with Gasteiger partial charge in [0.1, 0.15) is 5.75 Å². The maximum absolute atomic E-state index is 11.5. The van der Waals surface area contributed by atoms with Crippen molar-refractivity contribution in [3.8, 4) is 5.75 Å². The molecule has 0 unspecified atom stereocenters. The molecule has 0 aromatic heterocycles. The minimum absolute atomic E-state index is 0.00857. The molecule has 3 N–H and O–H groups in total. The van der Waals surface area contributed by atoms with E-state index in [-0.39, 0.29) is 11.4 Å². The Labute approximate surface area is 122 Å². The Bertz CT molecular complexity index is 416. The highest BCUT2D eigenvalue weighted by molar-refractivity contribution is 9.10. The second-order valence-corrected chi connectivity index (χ2v) is 6.00. The van der Waals surface area contributed by atoms with E-state index in [4.69, 9.17) is 10.5 Å². The van der Waals surface area contributed by atoms with E-state index in [1.54, 1.807) is 0 Å². The van der Waals surface area contributed by atoms with Crippen molar-refractivity contribution >= 4 is 21.8 Å². The van der Waals surface area contributed by atoms with Gasteiger partial charge in [-0.1, -0.05) is 12.1 Å². The molecular formula is C14H21BrN2O2. The minimum atomic E-state index is -0.374. The lowest BCUT2D eigenvalue weighted by Gasteiger charge is -2.18. The number of nitrogens with one attached hydrogen (secondary N) is 1. The monoisotopic (exact) mass is 328 g/mol. The fourth-order valence-electron chi connectivity index (χ4n) is 1.39. The third kappa shape index (κ3) is 7.18. The lowest BCUT2D eigenvalue weighted by molar-refractivity contribution is -0.121. The fourth-order valence-corrected chi connectivity index (χ4v) is 1.79. The van der Waals surface area contributed by atoms with Crippen molar-refractivity contribution in [2.45, 2.75) is 32.2 Å². The molecule has 0 saturated carbocycles. The molecule has 0 fully saturated rings. The molecule has 0 radical (unpaired) electrons. The van der Waals surface area contributed by atoms with Crippen LogP contribution in [0.3, 0.4) is 0 Å². The molecule has 106 valence electrons. The van der Waals surface area contributed by atoms with Crippen LogP contribution in [-0.4, -0.2) is 24.6 Å². The summed E-state index contributed by atoms with van der Waals surface area (Å²) in [6.45, 7) is 4.76. The van der Waals surface area contributed by atoms with Crippen molar-refractivity contribution < 1.29 is 9.53 Å². The number of carbonyl (C=O) groups is 1. The van der Waals surface area contributed by atoms with Gasteiger partial charge in [-0.2, -0.15) is 0 Å². The topological polar surface area (TPSA) is 64.3 Å². The molecule has 1 amide bonds. The second-order valence-electron chi connectivity index (χ2n) is 5.15. The average molecular weight is 329 g/mol. The predicted molar refractivity (Wildman–Crippen MR) is 80.1 cm³/mol. The molecule has 0 bridgehead atoms. The quantitative estimate of drug-likeness (QED) is 0.756. The molecule has 0 atom stereocenters. The number of carbonyl (C=O) groups excluding carboxylic acids is 1. The first kappa shape index (κ1) is 16.0. The number of benzene rings is 1. The molecule has 0 heterocycles. The Morgan fingerprint density at radius 2 is 2.11 bits per heavy atom. The molecule has 0 saturated heterocycles. The van der Waals surface area contributed by atoms with Gasteiger partial charge in [-0.15, -0.1) is 0 Å². The highest BCUT2D eigenvalue weighted by Gasteiger charge is 2.11. The number of para-hydroxylation sites is 1. The number of amides is 1. The second kappa shape index (κ2) is 7.50. The van der Waals surface area contributed by atoms with Crippen molar-refractivity contribution in [2.75, 3.05) is 13.2 Å². The largest absolute Gasteiger partial charge is 0.492 e. The summed E-state index contributed by atoms with van der Waals surface area (Å²) in [5.74, 6) is 0.806. The van der Waals surface area contributed by atoms with Crippen LogP contribution >= 0.6 is 15.9 Å². The third-order valence-corrected chi connectivity index (χ3v) is 3.04. The summed E-state index contributed by atoms with van der Waals surface area (Å²) in [4.78, 5) is 11.5. The number of hydrogen-bond donors (Lipinski definition) is 2. The fraction of sp³-hybridized carbons (Fsp3) is 0.500. The van der Waals surface area contributed by atoms with Gasteiger partial charge in [0.25, 0.3) is 0 Å². The van der Waals surface area contributed by atoms with Crippen LogP contribution in [0.15, 0.2) is 28.7 Å². The molecule has 5 heteroatoms. The van der Waals surface area contributed by atoms with Crippen LogP contribution in [0.4, 0.5) is 0 Å². The number of ether oxygens (including phenoxy) is 1. The van der Waals surface area contributed by atoms with Crippen molar-refractivity contribution in [3.63, 3.8) is 0 Å². The standard InChI is InChI=1S/C14H21BrN2O2/c1-14(2,16)10-17-13(18)8-5-9-19-12-7-4-3-6-11(12)15/h3-4,6-7H,5,8-10,16H2,1-2H3,(H,17,18). The molecule has 0 aliphatic heterocycles. The van der Waals surface area contributed by atoms with Crippen LogP contribution in [0.1, 0.15) is 26.7 Å². The molecule has 0 aliphatic rings. The summed E-state index contributed by atoms with van der Waals surface area (Å²) >= 11 is 3.41. The van der Waals surface area contributed by atoms with Gasteiger partial charge in [0.2, 0.25) is 5.91 Å². The molecule has 0 spiro atoms. The Balaban J connectivity index is 2.17. The van der Waals surface area contributed by atoms with E-state index in [9.17, 15) is 4.79 Å². The number of nitrogens with two attached hydrogens (primary N) is 1. The van der Waals surface area contributed by atoms with Gasteiger partial charge in [0.15, 0.2) is 0 Å². The van der Waals surface area contributed by atoms with Gasteiger partial charge in [-0.3, -0.25) is 4.79 Å². The van der Waals surface area contributed by atoms with Gasteiger partial charge in [-0.25, -0.2) is 0 Å². The third-order valence-electron chi connectivity index (χ3n) is 2.38. The normalized spacial score (nSPS) is 11.2. The zero-order valence-corrected chi connectivity index (χ0v) is 13.0. The average Bonchev–Trinajstić information content (AvgIpc) is 2.33. The zero-order valence-electron chi connectivity index (χ0n) is 11.4. The zero-order chi connectivity index (χ0) is 14.3. The van der Waals surface area contributed by atoms with E-state index in [0.29, 0.717) is 26.0 Å². The van der Waals surface area contributed by atoms with Crippen LogP contribution in [0.25, 0.3) is 0 Å². The minimum Gasteiger partial charge on any atom is -0.492 e. The summed E-state index contributed by atoms with van der Waals surface area (Å²) in [5.41, 5.74) is 5.41. The smallest absolute Gasteiger partial charge is 0.220 e. The Morgan fingerprint density at radius 1 is 1.42 bits per heavy atom. The van der Waals surface area contributed by atoms with Gasteiger partial charge < -0.3 is 15.8 Å². The SMILES string of the molecule is CC(C)(N)CNC(=O)CCCOc1ccccc1Br. The maximum Gasteiger partial charge on any atom is 0.220 e. The molecule has 1 rings (SSSR count). The molecule has 1 aromatic rings. The van der Waals surface area contributed by atoms with E-state index >= 15 is 0 Å². The van der Waals surface area contributed by atoms with Crippen molar-refractivity contribution in [3.05, 3.63) is 28.7 Å². The van der Waals surface area contributed by atoms with Crippen molar-refractivity contribution in [2.24, 2.45) is 5.73 Å². The number of hydrogen-bond acceptors (Lipinski definition) is 3. The van der Waals surface area contributed by atoms with Crippen molar-refractivity contribution in [1.29, 1.82) is 0 Å². The van der Waals surface area contributed by atoms with E-state index in [1.807, 2.05) is 38.1 Å². The first-order valence-electron chi connectivity index (χ1n) is 6.31. The van der Waals surface area contributed by atoms with Gasteiger partial charge in [0.05, 0.1) is 11.1 Å². The highest BCUT2D eigenvalue weighted by Crippen LogP contribution is 2.23. The molecule has 1 aromatic carbocycles. The first-order valence-corrected chi connectivity index (χ1v) is 7.11. The van der Waals surface area contributed by atoms with Crippen LogP contribution in [0, 0.1) is 0 Å². The summed E-state index contributed by atoms with van der Waals surface area (Å²) < 4.78 is 6.50. The Hall–Kier alpha value is -1.07.